The highest BCUT2D eigenvalue weighted by molar-refractivity contribution is 7.89. The molecule has 1 heterocycles. The van der Waals surface area contributed by atoms with Crippen LogP contribution in [0.1, 0.15) is 20.0 Å². The maximum absolute atomic E-state index is 12.4. The van der Waals surface area contributed by atoms with E-state index in [-0.39, 0.29) is 15.3 Å². The number of nitrogens with zero attached hydrogens (tertiary/aromatic N) is 1. The number of anilines is 1. The summed E-state index contributed by atoms with van der Waals surface area (Å²) < 4.78 is 30.0. The van der Waals surface area contributed by atoms with Gasteiger partial charge in [0.2, 0.25) is 10.0 Å². The zero-order valence-corrected chi connectivity index (χ0v) is 14.9. The minimum absolute atomic E-state index is 0.0126. The molecule has 2 rings (SSSR count). The molecule has 0 aliphatic rings. The Balaban J connectivity index is 2.29. The number of nitrogens with one attached hydrogen (secondary N) is 1. The standard InChI is InChI=1S/C15H16N2O5S2/c1-17(2)24(20,21)11-6-4-5-10(9-11)14(18)16-12-7-8-23-13(12)15(19)22-3/h4-9H,1-3H3,(H,16,18). The fourth-order valence-electron chi connectivity index (χ4n) is 1.86. The van der Waals surface area contributed by atoms with E-state index < -0.39 is 21.9 Å². The monoisotopic (exact) mass is 368 g/mol. The molecule has 0 saturated carbocycles. The predicted octanol–water partition coefficient (Wildman–Crippen LogP) is 2.04. The summed E-state index contributed by atoms with van der Waals surface area (Å²) in [6.45, 7) is 0. The van der Waals surface area contributed by atoms with Gasteiger partial charge < -0.3 is 10.1 Å². The smallest absolute Gasteiger partial charge is 0.350 e. The third kappa shape index (κ3) is 3.64. The first-order valence-electron chi connectivity index (χ1n) is 6.77. The minimum Gasteiger partial charge on any atom is -0.465 e. The average Bonchev–Trinajstić information content (AvgIpc) is 3.02. The number of benzene rings is 1. The van der Waals surface area contributed by atoms with Gasteiger partial charge in [0.15, 0.2) is 0 Å². The van der Waals surface area contributed by atoms with Gasteiger partial charge in [-0.2, -0.15) is 0 Å². The maximum atomic E-state index is 12.4. The third-order valence-electron chi connectivity index (χ3n) is 3.16. The van der Waals surface area contributed by atoms with E-state index in [0.29, 0.717) is 5.69 Å². The average molecular weight is 368 g/mol. The Morgan fingerprint density at radius 3 is 2.54 bits per heavy atom. The van der Waals surface area contributed by atoms with E-state index in [1.165, 1.54) is 45.5 Å². The molecule has 0 radical (unpaired) electrons. The lowest BCUT2D eigenvalue weighted by atomic mass is 10.2. The van der Waals surface area contributed by atoms with Crippen molar-refractivity contribution in [2.45, 2.75) is 4.90 Å². The first-order valence-corrected chi connectivity index (χ1v) is 9.09. The van der Waals surface area contributed by atoms with Crippen molar-refractivity contribution in [2.75, 3.05) is 26.5 Å². The van der Waals surface area contributed by atoms with Crippen molar-refractivity contribution in [3.8, 4) is 0 Å². The van der Waals surface area contributed by atoms with Gasteiger partial charge in [-0.25, -0.2) is 17.5 Å². The van der Waals surface area contributed by atoms with Crippen LogP contribution in [0, 0.1) is 0 Å². The van der Waals surface area contributed by atoms with Crippen molar-refractivity contribution in [3.63, 3.8) is 0 Å². The summed E-state index contributed by atoms with van der Waals surface area (Å²) in [5.41, 5.74) is 0.484. The summed E-state index contributed by atoms with van der Waals surface area (Å²) in [6, 6.07) is 7.26. The summed E-state index contributed by atoms with van der Waals surface area (Å²) in [5.74, 6) is -1.07. The number of ether oxygens (including phenoxy) is 1. The predicted molar refractivity (Wildman–Crippen MR) is 90.9 cm³/mol. The van der Waals surface area contributed by atoms with E-state index in [0.717, 1.165) is 15.6 Å². The molecule has 9 heteroatoms. The molecule has 0 unspecified atom stereocenters. The van der Waals surface area contributed by atoms with Crippen molar-refractivity contribution >= 4 is 38.9 Å². The largest absolute Gasteiger partial charge is 0.465 e. The van der Waals surface area contributed by atoms with E-state index in [1.54, 1.807) is 11.4 Å². The van der Waals surface area contributed by atoms with Crippen molar-refractivity contribution < 1.29 is 22.7 Å². The fraction of sp³-hybridized carbons (Fsp3) is 0.200. The molecular weight excluding hydrogens is 352 g/mol. The molecule has 2 aromatic rings. The number of methoxy groups -OCH3 is 1. The lowest BCUT2D eigenvalue weighted by molar-refractivity contribution is 0.0607. The van der Waals surface area contributed by atoms with Gasteiger partial charge in [0.05, 0.1) is 17.7 Å². The van der Waals surface area contributed by atoms with Gasteiger partial charge in [-0.05, 0) is 29.6 Å². The van der Waals surface area contributed by atoms with E-state index >= 15 is 0 Å². The first kappa shape index (κ1) is 18.1. The Labute approximate surface area is 143 Å². The van der Waals surface area contributed by atoms with E-state index in [4.69, 9.17) is 0 Å². The van der Waals surface area contributed by atoms with Crippen LogP contribution in [0.25, 0.3) is 0 Å². The van der Waals surface area contributed by atoms with Crippen LogP contribution in [0.4, 0.5) is 5.69 Å². The van der Waals surface area contributed by atoms with Crippen molar-refractivity contribution in [2.24, 2.45) is 0 Å². The van der Waals surface area contributed by atoms with Crippen LogP contribution in [0.2, 0.25) is 0 Å². The summed E-state index contributed by atoms with van der Waals surface area (Å²) in [7, 11) is 0.440. The molecule has 0 bridgehead atoms. The molecule has 0 aliphatic heterocycles. The number of hydrogen-bond acceptors (Lipinski definition) is 6. The molecular formula is C15H16N2O5S2. The molecule has 0 saturated heterocycles. The third-order valence-corrected chi connectivity index (χ3v) is 5.86. The second-order valence-electron chi connectivity index (χ2n) is 4.92. The van der Waals surface area contributed by atoms with Gasteiger partial charge in [0.25, 0.3) is 5.91 Å². The topological polar surface area (TPSA) is 92.8 Å². The normalized spacial score (nSPS) is 11.3. The number of thiophene rings is 1. The highest BCUT2D eigenvalue weighted by Crippen LogP contribution is 2.24. The SMILES string of the molecule is COC(=O)c1sccc1NC(=O)c1cccc(S(=O)(=O)N(C)C)c1. The molecule has 1 N–H and O–H groups in total. The van der Waals surface area contributed by atoms with Crippen LogP contribution in [0.3, 0.4) is 0 Å². The summed E-state index contributed by atoms with van der Waals surface area (Å²) in [6.07, 6.45) is 0. The summed E-state index contributed by atoms with van der Waals surface area (Å²) >= 11 is 1.14. The Hall–Kier alpha value is -2.23. The van der Waals surface area contributed by atoms with Crippen molar-refractivity contribution in [1.29, 1.82) is 0 Å². The number of amides is 1. The molecule has 0 fully saturated rings. The van der Waals surface area contributed by atoms with Gasteiger partial charge >= 0.3 is 5.97 Å². The quantitative estimate of drug-likeness (QED) is 0.815. The van der Waals surface area contributed by atoms with Crippen LogP contribution in [0.5, 0.6) is 0 Å². The van der Waals surface area contributed by atoms with Crippen LogP contribution in [-0.4, -0.2) is 45.8 Å². The second kappa shape index (κ2) is 7.12. The molecule has 1 aromatic carbocycles. The summed E-state index contributed by atoms with van der Waals surface area (Å²) in [4.78, 5) is 24.3. The number of esters is 1. The van der Waals surface area contributed by atoms with Gasteiger partial charge in [0.1, 0.15) is 4.88 Å². The van der Waals surface area contributed by atoms with Crippen LogP contribution in [-0.2, 0) is 14.8 Å². The van der Waals surface area contributed by atoms with Gasteiger partial charge in [-0.3, -0.25) is 4.79 Å². The molecule has 0 aliphatic carbocycles. The Kier molecular flexibility index (Phi) is 5.37. The number of hydrogen-bond donors (Lipinski definition) is 1. The molecule has 1 aromatic heterocycles. The first-order chi connectivity index (χ1) is 11.3. The minimum atomic E-state index is -3.64. The Morgan fingerprint density at radius 1 is 1.21 bits per heavy atom. The lowest BCUT2D eigenvalue weighted by Gasteiger charge is -2.12. The van der Waals surface area contributed by atoms with E-state index in [1.807, 2.05) is 0 Å². The van der Waals surface area contributed by atoms with Gasteiger partial charge in [-0.1, -0.05) is 6.07 Å². The highest BCUT2D eigenvalue weighted by atomic mass is 32.2. The molecule has 128 valence electrons. The molecule has 24 heavy (non-hydrogen) atoms. The number of rotatable bonds is 5. The van der Waals surface area contributed by atoms with Gasteiger partial charge in [0, 0.05) is 19.7 Å². The summed E-state index contributed by atoms with van der Waals surface area (Å²) in [5, 5.41) is 4.24. The van der Waals surface area contributed by atoms with Crippen molar-refractivity contribution in [1.82, 2.24) is 4.31 Å². The highest BCUT2D eigenvalue weighted by Gasteiger charge is 2.20. The lowest BCUT2D eigenvalue weighted by Crippen LogP contribution is -2.23. The van der Waals surface area contributed by atoms with Crippen LogP contribution in [0.15, 0.2) is 40.6 Å². The molecule has 1 amide bonds. The van der Waals surface area contributed by atoms with Crippen LogP contribution < -0.4 is 5.32 Å². The second-order valence-corrected chi connectivity index (χ2v) is 7.99. The van der Waals surface area contributed by atoms with E-state index in [9.17, 15) is 18.0 Å². The van der Waals surface area contributed by atoms with Crippen molar-refractivity contribution in [3.05, 3.63) is 46.2 Å². The number of sulfonamides is 1. The maximum Gasteiger partial charge on any atom is 0.350 e. The van der Waals surface area contributed by atoms with Crippen LogP contribution >= 0.6 is 11.3 Å². The van der Waals surface area contributed by atoms with E-state index in [2.05, 4.69) is 10.1 Å². The molecule has 7 nitrogen and oxygen atoms in total. The fourth-order valence-corrected chi connectivity index (χ4v) is 3.58. The number of carbonyl (C=O) groups excluding carboxylic acids is 2. The zero-order chi connectivity index (χ0) is 17.9. The Bertz CT molecular complexity index is 871. The Morgan fingerprint density at radius 2 is 1.92 bits per heavy atom. The molecule has 0 atom stereocenters. The number of carbonyl (C=O) groups is 2. The van der Waals surface area contributed by atoms with Gasteiger partial charge in [-0.15, -0.1) is 11.3 Å². The zero-order valence-electron chi connectivity index (χ0n) is 13.3. The molecule has 0 spiro atoms.